The molecule has 1 aromatic heterocycles. The van der Waals surface area contributed by atoms with Gasteiger partial charge in [-0.3, -0.25) is 0 Å². The second-order valence-electron chi connectivity index (χ2n) is 5.29. The van der Waals surface area contributed by atoms with Crippen molar-refractivity contribution in [2.75, 3.05) is 17.2 Å². The van der Waals surface area contributed by atoms with Crippen molar-refractivity contribution < 1.29 is 4.74 Å². The van der Waals surface area contributed by atoms with Crippen LogP contribution in [0.2, 0.25) is 0 Å². The number of anilines is 2. The largest absolute Gasteiger partial charge is 0.491 e. The monoisotopic (exact) mass is 273 g/mol. The molecule has 20 heavy (non-hydrogen) atoms. The lowest BCUT2D eigenvalue weighted by Gasteiger charge is -2.29. The van der Waals surface area contributed by atoms with Gasteiger partial charge in [-0.25, -0.2) is 0 Å². The number of nitrogen functional groups attached to an aromatic ring is 1. The summed E-state index contributed by atoms with van der Waals surface area (Å²) < 4.78 is 7.82. The van der Waals surface area contributed by atoms with E-state index >= 15 is 0 Å². The van der Waals surface area contributed by atoms with Crippen LogP contribution in [0.3, 0.4) is 0 Å². The fraction of sp³-hybridized carbons (Fsp3) is 0.429. The Balaban J connectivity index is 1.85. The first-order chi connectivity index (χ1) is 9.61. The molecule has 1 aliphatic rings. The summed E-state index contributed by atoms with van der Waals surface area (Å²) in [5, 5.41) is 8.08. The molecule has 0 fully saturated rings. The highest BCUT2D eigenvalue weighted by Gasteiger charge is 2.18. The van der Waals surface area contributed by atoms with Gasteiger partial charge in [0.1, 0.15) is 12.1 Å². The smallest absolute Gasteiger partial charge is 0.152 e. The molecule has 2 aromatic rings. The van der Waals surface area contributed by atoms with Gasteiger partial charge < -0.3 is 19.9 Å². The van der Waals surface area contributed by atoms with E-state index in [-0.39, 0.29) is 6.10 Å². The van der Waals surface area contributed by atoms with Crippen molar-refractivity contribution in [3.05, 3.63) is 30.4 Å². The molecule has 3 rings (SSSR count). The maximum Gasteiger partial charge on any atom is 0.152 e. The quantitative estimate of drug-likeness (QED) is 0.861. The zero-order valence-corrected chi connectivity index (χ0v) is 11.8. The van der Waals surface area contributed by atoms with Gasteiger partial charge in [0.15, 0.2) is 5.82 Å². The Morgan fingerprint density at radius 3 is 2.90 bits per heavy atom. The van der Waals surface area contributed by atoms with E-state index in [4.69, 9.17) is 10.5 Å². The molecule has 0 aliphatic carbocycles. The lowest BCUT2D eigenvalue weighted by molar-refractivity contribution is 0.242. The summed E-state index contributed by atoms with van der Waals surface area (Å²) in [6.45, 7) is 6.55. The molecule has 0 radical (unpaired) electrons. The predicted molar refractivity (Wildman–Crippen MR) is 77.7 cm³/mol. The van der Waals surface area contributed by atoms with Crippen molar-refractivity contribution in [3.8, 4) is 5.75 Å². The van der Waals surface area contributed by atoms with E-state index < -0.39 is 0 Å². The summed E-state index contributed by atoms with van der Waals surface area (Å²) in [6, 6.07) is 5.86. The molecule has 6 heteroatoms. The van der Waals surface area contributed by atoms with Crippen LogP contribution in [-0.4, -0.2) is 27.4 Å². The Morgan fingerprint density at radius 1 is 1.25 bits per heavy atom. The zero-order chi connectivity index (χ0) is 14.1. The van der Waals surface area contributed by atoms with Gasteiger partial charge in [0.25, 0.3) is 0 Å². The Hall–Kier alpha value is -2.24. The molecule has 0 saturated carbocycles. The van der Waals surface area contributed by atoms with Crippen LogP contribution in [0.1, 0.15) is 19.7 Å². The van der Waals surface area contributed by atoms with E-state index in [0.717, 1.165) is 36.9 Å². The molecule has 0 unspecified atom stereocenters. The fourth-order valence-corrected chi connectivity index (χ4v) is 2.42. The molecule has 0 spiro atoms. The minimum atomic E-state index is 0.133. The number of aromatic nitrogens is 3. The standard InChI is InChI=1S/C14H19N5O/c1-10(2)20-13-6-11(15)5-12(7-13)18-3-4-19-9-16-17-14(19)8-18/h5-7,9-10H,3-4,8,15H2,1-2H3. The van der Waals surface area contributed by atoms with Crippen molar-refractivity contribution in [2.24, 2.45) is 0 Å². The maximum absolute atomic E-state index is 5.98. The number of fused-ring (bicyclic) bond motifs is 1. The summed E-state index contributed by atoms with van der Waals surface area (Å²) in [5.74, 6) is 1.78. The second kappa shape index (κ2) is 5.03. The van der Waals surface area contributed by atoms with Crippen molar-refractivity contribution in [2.45, 2.75) is 33.0 Å². The Bertz CT molecular complexity index is 607. The maximum atomic E-state index is 5.98. The summed E-state index contributed by atoms with van der Waals surface area (Å²) in [5.41, 5.74) is 7.75. The number of benzene rings is 1. The number of hydrogen-bond donors (Lipinski definition) is 1. The van der Waals surface area contributed by atoms with E-state index in [0.29, 0.717) is 5.69 Å². The molecule has 0 bridgehead atoms. The van der Waals surface area contributed by atoms with Gasteiger partial charge in [-0.2, -0.15) is 0 Å². The van der Waals surface area contributed by atoms with E-state index in [1.807, 2.05) is 32.0 Å². The van der Waals surface area contributed by atoms with Crippen LogP contribution >= 0.6 is 0 Å². The molecule has 106 valence electrons. The van der Waals surface area contributed by atoms with E-state index in [9.17, 15) is 0 Å². The number of nitrogens with zero attached hydrogens (tertiary/aromatic N) is 4. The fourth-order valence-electron chi connectivity index (χ4n) is 2.42. The van der Waals surface area contributed by atoms with Crippen LogP contribution in [0.5, 0.6) is 5.75 Å². The van der Waals surface area contributed by atoms with Crippen molar-refractivity contribution >= 4 is 11.4 Å². The number of ether oxygens (including phenoxy) is 1. The minimum absolute atomic E-state index is 0.133. The minimum Gasteiger partial charge on any atom is -0.491 e. The van der Waals surface area contributed by atoms with Crippen LogP contribution in [-0.2, 0) is 13.1 Å². The van der Waals surface area contributed by atoms with E-state index in [2.05, 4.69) is 19.7 Å². The molecule has 0 amide bonds. The summed E-state index contributed by atoms with van der Waals surface area (Å²) in [6.07, 6.45) is 1.91. The van der Waals surface area contributed by atoms with Gasteiger partial charge in [-0.05, 0) is 19.9 Å². The normalized spacial score (nSPS) is 14.4. The topological polar surface area (TPSA) is 69.2 Å². The van der Waals surface area contributed by atoms with Crippen LogP contribution in [0.4, 0.5) is 11.4 Å². The van der Waals surface area contributed by atoms with Gasteiger partial charge in [-0.1, -0.05) is 0 Å². The highest BCUT2D eigenvalue weighted by molar-refractivity contribution is 5.60. The van der Waals surface area contributed by atoms with Crippen LogP contribution in [0, 0.1) is 0 Å². The summed E-state index contributed by atoms with van der Waals surface area (Å²) in [4.78, 5) is 2.24. The Labute approximate surface area is 118 Å². The number of nitrogens with two attached hydrogens (primary N) is 1. The zero-order valence-electron chi connectivity index (χ0n) is 11.8. The third-order valence-corrected chi connectivity index (χ3v) is 3.29. The molecule has 6 nitrogen and oxygen atoms in total. The first kappa shape index (κ1) is 12.8. The summed E-state index contributed by atoms with van der Waals surface area (Å²) >= 11 is 0. The highest BCUT2D eigenvalue weighted by atomic mass is 16.5. The highest BCUT2D eigenvalue weighted by Crippen LogP contribution is 2.28. The molecule has 2 heterocycles. The summed E-state index contributed by atoms with van der Waals surface area (Å²) in [7, 11) is 0. The second-order valence-corrected chi connectivity index (χ2v) is 5.29. The lowest BCUT2D eigenvalue weighted by Crippen LogP contribution is -2.33. The predicted octanol–water partition coefficient (Wildman–Crippen LogP) is 1.67. The molecule has 1 aliphatic heterocycles. The van der Waals surface area contributed by atoms with Crippen LogP contribution < -0.4 is 15.4 Å². The van der Waals surface area contributed by atoms with Gasteiger partial charge in [0, 0.05) is 36.6 Å². The van der Waals surface area contributed by atoms with Crippen LogP contribution in [0.15, 0.2) is 24.5 Å². The molecule has 0 saturated heterocycles. The lowest BCUT2D eigenvalue weighted by atomic mass is 10.2. The Morgan fingerprint density at radius 2 is 2.10 bits per heavy atom. The Kier molecular flexibility index (Phi) is 3.22. The number of hydrogen-bond acceptors (Lipinski definition) is 5. The van der Waals surface area contributed by atoms with E-state index in [1.54, 1.807) is 6.33 Å². The molecular formula is C14H19N5O. The van der Waals surface area contributed by atoms with Gasteiger partial charge in [0.05, 0.1) is 12.6 Å². The van der Waals surface area contributed by atoms with Crippen molar-refractivity contribution in [1.82, 2.24) is 14.8 Å². The average Bonchev–Trinajstić information content (AvgIpc) is 2.84. The molecule has 1 aromatic carbocycles. The van der Waals surface area contributed by atoms with Gasteiger partial charge in [-0.15, -0.1) is 10.2 Å². The van der Waals surface area contributed by atoms with E-state index in [1.165, 1.54) is 0 Å². The molecular weight excluding hydrogens is 254 g/mol. The third kappa shape index (κ3) is 2.54. The van der Waals surface area contributed by atoms with Crippen LogP contribution in [0.25, 0.3) is 0 Å². The van der Waals surface area contributed by atoms with Gasteiger partial charge >= 0.3 is 0 Å². The molecule has 2 N–H and O–H groups in total. The first-order valence-corrected chi connectivity index (χ1v) is 6.80. The van der Waals surface area contributed by atoms with Crippen molar-refractivity contribution in [3.63, 3.8) is 0 Å². The average molecular weight is 273 g/mol. The number of rotatable bonds is 3. The molecule has 0 atom stereocenters. The van der Waals surface area contributed by atoms with Crippen molar-refractivity contribution in [1.29, 1.82) is 0 Å². The SMILES string of the molecule is CC(C)Oc1cc(N)cc(N2CCn3cnnc3C2)c1. The third-order valence-electron chi connectivity index (χ3n) is 3.29. The first-order valence-electron chi connectivity index (χ1n) is 6.80. The van der Waals surface area contributed by atoms with Gasteiger partial charge in [0.2, 0.25) is 0 Å².